The number of hydrogen-bond donors (Lipinski definition) is 1. The first-order valence-corrected chi connectivity index (χ1v) is 6.30. The summed E-state index contributed by atoms with van der Waals surface area (Å²) in [6.07, 6.45) is 3.92. The number of hydrogen-bond acceptors (Lipinski definition) is 2. The van der Waals surface area contributed by atoms with E-state index in [1.807, 2.05) is 0 Å². The molecule has 16 heavy (non-hydrogen) atoms. The Morgan fingerprint density at radius 3 is 2.75 bits per heavy atom. The molecule has 0 bridgehead atoms. The van der Waals surface area contributed by atoms with Crippen molar-refractivity contribution in [2.75, 3.05) is 13.2 Å². The highest BCUT2D eigenvalue weighted by atomic mass is 16.5. The maximum absolute atomic E-state index is 5.91. The number of benzene rings is 1. The van der Waals surface area contributed by atoms with Crippen LogP contribution in [0.5, 0.6) is 5.75 Å². The van der Waals surface area contributed by atoms with Crippen molar-refractivity contribution in [3.8, 4) is 5.75 Å². The van der Waals surface area contributed by atoms with Crippen LogP contribution in [0.2, 0.25) is 0 Å². The van der Waals surface area contributed by atoms with Gasteiger partial charge < -0.3 is 10.5 Å². The van der Waals surface area contributed by atoms with Gasteiger partial charge in [-0.25, -0.2) is 0 Å². The zero-order chi connectivity index (χ0) is 11.0. The van der Waals surface area contributed by atoms with E-state index in [4.69, 9.17) is 10.5 Å². The second-order valence-corrected chi connectivity index (χ2v) is 5.13. The van der Waals surface area contributed by atoms with Gasteiger partial charge in [-0.15, -0.1) is 0 Å². The minimum atomic E-state index is 0.653. The van der Waals surface area contributed by atoms with Crippen molar-refractivity contribution in [3.63, 3.8) is 0 Å². The third-order valence-corrected chi connectivity index (χ3v) is 3.72. The van der Waals surface area contributed by atoms with Crippen LogP contribution in [0.1, 0.15) is 30.7 Å². The molecule has 2 saturated carbocycles. The van der Waals surface area contributed by atoms with E-state index in [2.05, 4.69) is 24.3 Å². The molecular weight excluding hydrogens is 198 g/mol. The SMILES string of the molecule is NCC1CC1c1ccccc1OCC1CC1. The maximum Gasteiger partial charge on any atom is 0.122 e. The van der Waals surface area contributed by atoms with Crippen LogP contribution < -0.4 is 10.5 Å². The monoisotopic (exact) mass is 217 g/mol. The lowest BCUT2D eigenvalue weighted by atomic mass is 10.1. The number of rotatable bonds is 5. The van der Waals surface area contributed by atoms with Crippen molar-refractivity contribution in [1.29, 1.82) is 0 Å². The lowest BCUT2D eigenvalue weighted by Crippen LogP contribution is -2.04. The first-order chi connectivity index (χ1) is 7.88. The van der Waals surface area contributed by atoms with E-state index < -0.39 is 0 Å². The molecule has 0 saturated heterocycles. The molecule has 1 aromatic rings. The molecule has 2 heteroatoms. The van der Waals surface area contributed by atoms with E-state index in [0.29, 0.717) is 11.8 Å². The molecule has 2 atom stereocenters. The normalized spacial score (nSPS) is 27.8. The van der Waals surface area contributed by atoms with Crippen molar-refractivity contribution < 1.29 is 4.74 Å². The summed E-state index contributed by atoms with van der Waals surface area (Å²) in [5.41, 5.74) is 7.08. The summed E-state index contributed by atoms with van der Waals surface area (Å²) in [4.78, 5) is 0. The first-order valence-electron chi connectivity index (χ1n) is 6.30. The molecule has 0 amide bonds. The highest BCUT2D eigenvalue weighted by molar-refractivity contribution is 5.39. The summed E-state index contributed by atoms with van der Waals surface area (Å²) >= 11 is 0. The average molecular weight is 217 g/mol. The van der Waals surface area contributed by atoms with Gasteiger partial charge >= 0.3 is 0 Å². The summed E-state index contributed by atoms with van der Waals surface area (Å²) in [7, 11) is 0. The van der Waals surface area contributed by atoms with E-state index in [9.17, 15) is 0 Å². The van der Waals surface area contributed by atoms with Crippen LogP contribution >= 0.6 is 0 Å². The van der Waals surface area contributed by atoms with Crippen molar-refractivity contribution >= 4 is 0 Å². The Balaban J connectivity index is 1.70. The molecule has 3 rings (SSSR count). The molecule has 2 fully saturated rings. The second-order valence-electron chi connectivity index (χ2n) is 5.13. The van der Waals surface area contributed by atoms with Crippen LogP contribution in [-0.2, 0) is 0 Å². The van der Waals surface area contributed by atoms with Crippen molar-refractivity contribution in [2.45, 2.75) is 25.2 Å². The number of nitrogens with two attached hydrogens (primary N) is 1. The molecule has 0 spiro atoms. The summed E-state index contributed by atoms with van der Waals surface area (Å²) in [6, 6.07) is 8.46. The standard InChI is InChI=1S/C14H19NO/c15-8-11-7-13(11)12-3-1-2-4-14(12)16-9-10-5-6-10/h1-4,10-11,13H,5-9,15H2. The topological polar surface area (TPSA) is 35.2 Å². The van der Waals surface area contributed by atoms with Gasteiger partial charge in [0.05, 0.1) is 6.61 Å². The summed E-state index contributed by atoms with van der Waals surface area (Å²) in [6.45, 7) is 1.71. The Bertz CT molecular complexity index is 373. The van der Waals surface area contributed by atoms with Gasteiger partial charge in [0.25, 0.3) is 0 Å². The van der Waals surface area contributed by atoms with Crippen LogP contribution in [0.3, 0.4) is 0 Å². The van der Waals surface area contributed by atoms with Gasteiger partial charge in [-0.2, -0.15) is 0 Å². The predicted molar refractivity (Wildman–Crippen MR) is 64.6 cm³/mol. The minimum absolute atomic E-state index is 0.653. The summed E-state index contributed by atoms with van der Waals surface area (Å²) in [5.74, 6) is 3.25. The highest BCUT2D eigenvalue weighted by Crippen LogP contribution is 2.49. The lowest BCUT2D eigenvalue weighted by Gasteiger charge is -2.10. The molecule has 2 nitrogen and oxygen atoms in total. The lowest BCUT2D eigenvalue weighted by molar-refractivity contribution is 0.296. The molecule has 0 aromatic heterocycles. The van der Waals surface area contributed by atoms with Crippen molar-refractivity contribution in [3.05, 3.63) is 29.8 Å². The molecule has 2 N–H and O–H groups in total. The van der Waals surface area contributed by atoms with Crippen molar-refractivity contribution in [1.82, 2.24) is 0 Å². The van der Waals surface area contributed by atoms with Gasteiger partial charge in [0, 0.05) is 0 Å². The van der Waals surface area contributed by atoms with E-state index in [1.165, 1.54) is 24.8 Å². The van der Waals surface area contributed by atoms with Gasteiger partial charge in [-0.1, -0.05) is 18.2 Å². The molecule has 2 aliphatic carbocycles. The quantitative estimate of drug-likeness (QED) is 0.822. The van der Waals surface area contributed by atoms with E-state index in [1.54, 1.807) is 0 Å². The van der Waals surface area contributed by atoms with Crippen LogP contribution in [0.25, 0.3) is 0 Å². The van der Waals surface area contributed by atoms with Gasteiger partial charge in [0.2, 0.25) is 0 Å². The zero-order valence-electron chi connectivity index (χ0n) is 9.56. The Morgan fingerprint density at radius 2 is 2.06 bits per heavy atom. The van der Waals surface area contributed by atoms with Gasteiger partial charge in [-0.3, -0.25) is 0 Å². The van der Waals surface area contributed by atoms with Crippen molar-refractivity contribution in [2.24, 2.45) is 17.6 Å². The number of ether oxygens (including phenoxy) is 1. The zero-order valence-corrected chi connectivity index (χ0v) is 9.56. The Labute approximate surface area is 96.8 Å². The van der Waals surface area contributed by atoms with E-state index >= 15 is 0 Å². The molecule has 0 aliphatic heterocycles. The minimum Gasteiger partial charge on any atom is -0.493 e. The van der Waals surface area contributed by atoms with Crippen LogP contribution in [0.4, 0.5) is 0 Å². The van der Waals surface area contributed by atoms with Gasteiger partial charge in [0.1, 0.15) is 5.75 Å². The molecule has 0 heterocycles. The number of para-hydroxylation sites is 1. The fourth-order valence-corrected chi connectivity index (χ4v) is 2.30. The summed E-state index contributed by atoms with van der Waals surface area (Å²) < 4.78 is 5.91. The van der Waals surface area contributed by atoms with E-state index in [0.717, 1.165) is 24.8 Å². The maximum atomic E-state index is 5.91. The Kier molecular flexibility index (Phi) is 2.60. The van der Waals surface area contributed by atoms with Crippen LogP contribution in [0.15, 0.2) is 24.3 Å². The molecule has 2 aliphatic rings. The van der Waals surface area contributed by atoms with Gasteiger partial charge in [0.15, 0.2) is 0 Å². The third kappa shape index (κ3) is 2.07. The largest absolute Gasteiger partial charge is 0.493 e. The smallest absolute Gasteiger partial charge is 0.122 e. The molecule has 0 radical (unpaired) electrons. The first kappa shape index (κ1) is 10.2. The van der Waals surface area contributed by atoms with Gasteiger partial charge in [-0.05, 0) is 55.2 Å². The Morgan fingerprint density at radius 1 is 1.25 bits per heavy atom. The molecular formula is C14H19NO. The fraction of sp³-hybridized carbons (Fsp3) is 0.571. The third-order valence-electron chi connectivity index (χ3n) is 3.72. The molecule has 1 aromatic carbocycles. The van der Waals surface area contributed by atoms with E-state index in [-0.39, 0.29) is 0 Å². The molecule has 2 unspecified atom stereocenters. The predicted octanol–water partition coefficient (Wildman–Crippen LogP) is 2.54. The fourth-order valence-electron chi connectivity index (χ4n) is 2.30. The van der Waals surface area contributed by atoms with Crippen LogP contribution in [-0.4, -0.2) is 13.2 Å². The molecule has 86 valence electrons. The summed E-state index contributed by atoms with van der Waals surface area (Å²) in [5, 5.41) is 0. The van der Waals surface area contributed by atoms with Crippen LogP contribution in [0, 0.1) is 11.8 Å². The average Bonchev–Trinajstić information content (AvgIpc) is 3.20. The second kappa shape index (κ2) is 4.10. The Hall–Kier alpha value is -1.02. The highest BCUT2D eigenvalue weighted by Gasteiger charge is 2.38.